The lowest BCUT2D eigenvalue weighted by molar-refractivity contribution is -0.255. The summed E-state index contributed by atoms with van der Waals surface area (Å²) in [5.41, 5.74) is 3.93. The highest BCUT2D eigenvalue weighted by atomic mass is 16.4. The molecule has 18 heavy (non-hydrogen) atoms. The van der Waals surface area contributed by atoms with Crippen LogP contribution in [0.5, 0.6) is 0 Å². The van der Waals surface area contributed by atoms with Crippen molar-refractivity contribution in [2.45, 2.75) is 13.1 Å². The Morgan fingerprint density at radius 1 is 0.944 bits per heavy atom. The molecule has 90 valence electrons. The van der Waals surface area contributed by atoms with Gasteiger partial charge in [0.05, 0.1) is 5.97 Å². The van der Waals surface area contributed by atoms with Crippen molar-refractivity contribution in [3.8, 4) is 0 Å². The van der Waals surface area contributed by atoms with E-state index in [1.165, 1.54) is 11.1 Å². The Balaban J connectivity index is 1.84. The number of hydrogen-bond donors (Lipinski definition) is 0. The molecular formula is C15H12NO2-. The molecular weight excluding hydrogens is 226 g/mol. The third-order valence-electron chi connectivity index (χ3n) is 3.31. The van der Waals surface area contributed by atoms with Crippen LogP contribution in [0, 0.1) is 0 Å². The van der Waals surface area contributed by atoms with Gasteiger partial charge in [-0.1, -0.05) is 36.4 Å². The molecule has 3 rings (SSSR count). The van der Waals surface area contributed by atoms with E-state index < -0.39 is 5.97 Å². The Kier molecular flexibility index (Phi) is 2.52. The first kappa shape index (κ1) is 10.8. The molecule has 0 aromatic heterocycles. The zero-order valence-corrected chi connectivity index (χ0v) is 9.80. The minimum atomic E-state index is -1.13. The fourth-order valence-corrected chi connectivity index (χ4v) is 2.32. The maximum atomic E-state index is 10.7. The molecule has 0 saturated carbocycles. The third kappa shape index (κ3) is 1.84. The molecule has 0 atom stereocenters. The van der Waals surface area contributed by atoms with E-state index in [1.807, 2.05) is 24.3 Å². The SMILES string of the molecule is O=C([O-])c1ccc(N2Cc3ccccc3C2)cc1. The Hall–Kier alpha value is -2.29. The average Bonchev–Trinajstić information content (AvgIpc) is 2.82. The van der Waals surface area contributed by atoms with Crippen LogP contribution in [0.15, 0.2) is 48.5 Å². The van der Waals surface area contributed by atoms with Crippen LogP contribution < -0.4 is 10.0 Å². The third-order valence-corrected chi connectivity index (χ3v) is 3.31. The summed E-state index contributed by atoms with van der Waals surface area (Å²) in [4.78, 5) is 12.9. The summed E-state index contributed by atoms with van der Waals surface area (Å²) in [6.45, 7) is 1.75. The fraction of sp³-hybridized carbons (Fsp3) is 0.133. The molecule has 0 bridgehead atoms. The normalized spacial score (nSPS) is 13.4. The molecule has 2 aromatic carbocycles. The minimum Gasteiger partial charge on any atom is -0.545 e. The summed E-state index contributed by atoms with van der Waals surface area (Å²) < 4.78 is 0. The van der Waals surface area contributed by atoms with Crippen molar-refractivity contribution in [1.29, 1.82) is 0 Å². The lowest BCUT2D eigenvalue weighted by Crippen LogP contribution is -2.22. The molecule has 2 aromatic rings. The van der Waals surface area contributed by atoms with Crippen molar-refractivity contribution in [3.05, 3.63) is 65.2 Å². The predicted molar refractivity (Wildman–Crippen MR) is 67.1 cm³/mol. The molecule has 0 radical (unpaired) electrons. The van der Waals surface area contributed by atoms with E-state index in [0.29, 0.717) is 0 Å². The summed E-state index contributed by atoms with van der Waals surface area (Å²) in [7, 11) is 0. The van der Waals surface area contributed by atoms with E-state index in [0.717, 1.165) is 18.8 Å². The number of rotatable bonds is 2. The largest absolute Gasteiger partial charge is 0.545 e. The Labute approximate surface area is 105 Å². The first-order valence-electron chi connectivity index (χ1n) is 5.87. The molecule has 3 nitrogen and oxygen atoms in total. The number of fused-ring (bicyclic) bond motifs is 1. The monoisotopic (exact) mass is 238 g/mol. The van der Waals surface area contributed by atoms with Crippen molar-refractivity contribution >= 4 is 11.7 Å². The summed E-state index contributed by atoms with van der Waals surface area (Å²) in [5, 5.41) is 10.7. The van der Waals surface area contributed by atoms with Gasteiger partial charge < -0.3 is 14.8 Å². The number of hydrogen-bond acceptors (Lipinski definition) is 3. The predicted octanol–water partition coefficient (Wildman–Crippen LogP) is 1.57. The van der Waals surface area contributed by atoms with Crippen LogP contribution in [0.1, 0.15) is 21.5 Å². The molecule has 1 aliphatic heterocycles. The van der Waals surface area contributed by atoms with Gasteiger partial charge in [-0.15, -0.1) is 0 Å². The van der Waals surface area contributed by atoms with E-state index in [4.69, 9.17) is 0 Å². The van der Waals surface area contributed by atoms with Crippen LogP contribution in [-0.2, 0) is 13.1 Å². The molecule has 1 aliphatic rings. The molecule has 3 heteroatoms. The first-order chi connectivity index (χ1) is 8.74. The van der Waals surface area contributed by atoms with E-state index in [1.54, 1.807) is 12.1 Å². The maximum Gasteiger partial charge on any atom is 0.0715 e. The van der Waals surface area contributed by atoms with Crippen LogP contribution in [0.25, 0.3) is 0 Å². The Bertz CT molecular complexity index is 565. The number of carbonyl (C=O) groups excluding carboxylic acids is 1. The molecule has 0 spiro atoms. The van der Waals surface area contributed by atoms with Gasteiger partial charge in [-0.25, -0.2) is 0 Å². The molecule has 0 amide bonds. The highest BCUT2D eigenvalue weighted by Crippen LogP contribution is 2.27. The van der Waals surface area contributed by atoms with Gasteiger partial charge in [-0.05, 0) is 28.8 Å². The van der Waals surface area contributed by atoms with Crippen LogP contribution in [-0.4, -0.2) is 5.97 Å². The van der Waals surface area contributed by atoms with Gasteiger partial charge >= 0.3 is 0 Å². The Morgan fingerprint density at radius 2 is 1.50 bits per heavy atom. The first-order valence-corrected chi connectivity index (χ1v) is 5.87. The molecule has 0 fully saturated rings. The molecule has 0 unspecified atom stereocenters. The smallest absolute Gasteiger partial charge is 0.0715 e. The van der Waals surface area contributed by atoms with Gasteiger partial charge in [0.2, 0.25) is 0 Å². The lowest BCUT2D eigenvalue weighted by atomic mass is 10.1. The number of anilines is 1. The highest BCUT2D eigenvalue weighted by molar-refractivity contribution is 5.86. The quantitative estimate of drug-likeness (QED) is 0.797. The number of carbonyl (C=O) groups is 1. The van der Waals surface area contributed by atoms with Crippen molar-refractivity contribution < 1.29 is 9.90 Å². The summed E-state index contributed by atoms with van der Waals surface area (Å²) in [6.07, 6.45) is 0. The van der Waals surface area contributed by atoms with Gasteiger partial charge in [0.15, 0.2) is 0 Å². The van der Waals surface area contributed by atoms with E-state index in [9.17, 15) is 9.90 Å². The van der Waals surface area contributed by atoms with Crippen molar-refractivity contribution in [1.82, 2.24) is 0 Å². The zero-order chi connectivity index (χ0) is 12.5. The number of aromatic carboxylic acids is 1. The highest BCUT2D eigenvalue weighted by Gasteiger charge is 2.18. The lowest BCUT2D eigenvalue weighted by Gasteiger charge is -2.18. The van der Waals surface area contributed by atoms with Crippen molar-refractivity contribution in [2.75, 3.05) is 4.90 Å². The summed E-state index contributed by atoms with van der Waals surface area (Å²) in [5.74, 6) is -1.13. The number of carboxylic acids is 1. The van der Waals surface area contributed by atoms with Gasteiger partial charge in [-0.2, -0.15) is 0 Å². The number of carboxylic acid groups (broad SMARTS) is 1. The fourth-order valence-electron chi connectivity index (χ4n) is 2.32. The van der Waals surface area contributed by atoms with Crippen molar-refractivity contribution in [2.24, 2.45) is 0 Å². The summed E-state index contributed by atoms with van der Waals surface area (Å²) in [6, 6.07) is 15.2. The molecule has 0 saturated heterocycles. The van der Waals surface area contributed by atoms with E-state index >= 15 is 0 Å². The van der Waals surface area contributed by atoms with E-state index in [2.05, 4.69) is 17.0 Å². The van der Waals surface area contributed by atoms with Gasteiger partial charge in [-0.3, -0.25) is 0 Å². The summed E-state index contributed by atoms with van der Waals surface area (Å²) >= 11 is 0. The second kappa shape index (κ2) is 4.18. The second-order valence-electron chi connectivity index (χ2n) is 4.46. The minimum absolute atomic E-state index is 0.218. The van der Waals surface area contributed by atoms with Crippen LogP contribution in [0.3, 0.4) is 0 Å². The van der Waals surface area contributed by atoms with E-state index in [-0.39, 0.29) is 5.56 Å². The second-order valence-corrected chi connectivity index (χ2v) is 4.46. The number of benzene rings is 2. The van der Waals surface area contributed by atoms with Crippen LogP contribution in [0.4, 0.5) is 5.69 Å². The van der Waals surface area contributed by atoms with Crippen molar-refractivity contribution in [3.63, 3.8) is 0 Å². The molecule has 1 heterocycles. The van der Waals surface area contributed by atoms with Crippen LogP contribution in [0.2, 0.25) is 0 Å². The maximum absolute atomic E-state index is 10.7. The van der Waals surface area contributed by atoms with Gasteiger partial charge in [0, 0.05) is 18.8 Å². The van der Waals surface area contributed by atoms with Crippen LogP contribution >= 0.6 is 0 Å². The average molecular weight is 238 g/mol. The topological polar surface area (TPSA) is 43.4 Å². The molecule has 0 aliphatic carbocycles. The Morgan fingerprint density at radius 3 is 2.00 bits per heavy atom. The van der Waals surface area contributed by atoms with Gasteiger partial charge in [0.25, 0.3) is 0 Å². The standard InChI is InChI=1S/C15H13NO2/c17-15(18)11-5-7-14(8-6-11)16-9-12-3-1-2-4-13(12)10-16/h1-8H,9-10H2,(H,17,18)/p-1. The number of nitrogens with zero attached hydrogens (tertiary/aromatic N) is 1. The zero-order valence-electron chi connectivity index (χ0n) is 9.80. The molecule has 0 N–H and O–H groups in total. The van der Waals surface area contributed by atoms with Gasteiger partial charge in [0.1, 0.15) is 0 Å².